The molecule has 2 aliphatic heterocycles. The fourth-order valence-electron chi connectivity index (χ4n) is 4.10. The zero-order valence-electron chi connectivity index (χ0n) is 15.3. The van der Waals surface area contributed by atoms with Gasteiger partial charge >= 0.3 is 12.3 Å². The minimum absolute atomic E-state index is 0.0528. The molecule has 1 N–H and O–H groups in total. The van der Waals surface area contributed by atoms with Crippen molar-refractivity contribution in [3.63, 3.8) is 0 Å². The lowest BCUT2D eigenvalue weighted by atomic mass is 9.68. The molecular formula is C19H21F3N2O4. The lowest BCUT2D eigenvalue weighted by Crippen LogP contribution is -2.62. The van der Waals surface area contributed by atoms with Gasteiger partial charge in [-0.25, -0.2) is 4.79 Å². The maximum absolute atomic E-state index is 12.8. The molecule has 1 spiro atoms. The molecule has 4 rings (SSSR count). The van der Waals surface area contributed by atoms with Crippen molar-refractivity contribution in [3.8, 4) is 0 Å². The number of hydrogen-bond donors (Lipinski definition) is 1. The van der Waals surface area contributed by atoms with Crippen LogP contribution in [0.3, 0.4) is 0 Å². The van der Waals surface area contributed by atoms with E-state index in [1.165, 1.54) is 19.1 Å². The van der Waals surface area contributed by atoms with E-state index in [0.29, 0.717) is 38.1 Å². The lowest BCUT2D eigenvalue weighted by Gasteiger charge is -2.47. The first-order chi connectivity index (χ1) is 13.2. The average molecular weight is 398 g/mol. The van der Waals surface area contributed by atoms with Gasteiger partial charge in [-0.1, -0.05) is 12.1 Å². The van der Waals surface area contributed by atoms with Crippen molar-refractivity contribution in [1.29, 1.82) is 0 Å². The molecule has 152 valence electrons. The van der Waals surface area contributed by atoms with Crippen molar-refractivity contribution in [1.82, 2.24) is 10.2 Å². The Hall–Kier alpha value is -2.29. The highest BCUT2D eigenvalue weighted by molar-refractivity contribution is 5.82. The Balaban J connectivity index is 1.21. The minimum Gasteiger partial charge on any atom is -0.447 e. The molecule has 1 saturated carbocycles. The number of aryl methyl sites for hydroxylation is 1. The summed E-state index contributed by atoms with van der Waals surface area (Å²) in [6, 6.07) is 3.97. The number of halogens is 3. The SMILES string of the molecule is Cc1cc(COC2CN(C(=O)[C@H]3C[C@]4(COC(=O)N4)C3)C2)ccc1C(F)(F)F. The Bertz CT molecular complexity index is 799. The summed E-state index contributed by atoms with van der Waals surface area (Å²) in [6.07, 6.45) is -3.72. The van der Waals surface area contributed by atoms with Gasteiger partial charge < -0.3 is 19.7 Å². The summed E-state index contributed by atoms with van der Waals surface area (Å²) in [5, 5.41) is 2.76. The second-order valence-corrected chi connectivity index (χ2v) is 7.91. The van der Waals surface area contributed by atoms with Crippen molar-refractivity contribution in [2.45, 2.75) is 44.2 Å². The number of likely N-dealkylation sites (tertiary alicyclic amines) is 1. The quantitative estimate of drug-likeness (QED) is 0.847. The number of alkyl carbamates (subject to hydrolysis) is 1. The summed E-state index contributed by atoms with van der Waals surface area (Å²) < 4.78 is 49.0. The molecule has 0 bridgehead atoms. The highest BCUT2D eigenvalue weighted by Gasteiger charge is 2.54. The maximum atomic E-state index is 12.8. The van der Waals surface area contributed by atoms with Gasteiger partial charge in [-0.3, -0.25) is 4.79 Å². The van der Waals surface area contributed by atoms with E-state index < -0.39 is 17.8 Å². The Kier molecular flexibility index (Phi) is 4.52. The average Bonchev–Trinajstić information content (AvgIpc) is 2.93. The Labute approximate surface area is 160 Å². The predicted octanol–water partition coefficient (Wildman–Crippen LogP) is 2.63. The minimum atomic E-state index is -4.36. The van der Waals surface area contributed by atoms with Crippen LogP contribution in [0.25, 0.3) is 0 Å². The number of carbonyl (C=O) groups is 2. The van der Waals surface area contributed by atoms with Crippen LogP contribution in [0.4, 0.5) is 18.0 Å². The second kappa shape index (κ2) is 6.65. The zero-order chi connectivity index (χ0) is 20.1. The summed E-state index contributed by atoms with van der Waals surface area (Å²) in [6.45, 7) is 2.91. The number of hydrogen-bond acceptors (Lipinski definition) is 4. The van der Waals surface area contributed by atoms with Crippen LogP contribution in [-0.4, -0.2) is 48.2 Å². The molecule has 1 aromatic carbocycles. The van der Waals surface area contributed by atoms with Gasteiger partial charge in [-0.05, 0) is 37.0 Å². The number of cyclic esters (lactones) is 1. The molecule has 2 heterocycles. The third-order valence-corrected chi connectivity index (χ3v) is 5.71. The van der Waals surface area contributed by atoms with E-state index in [1.54, 1.807) is 4.90 Å². The van der Waals surface area contributed by atoms with Crippen molar-refractivity contribution in [2.75, 3.05) is 19.7 Å². The van der Waals surface area contributed by atoms with Crippen molar-refractivity contribution in [3.05, 3.63) is 34.9 Å². The summed E-state index contributed by atoms with van der Waals surface area (Å²) >= 11 is 0. The van der Waals surface area contributed by atoms with Gasteiger partial charge in [-0.2, -0.15) is 13.2 Å². The Morgan fingerprint density at radius 3 is 2.64 bits per heavy atom. The van der Waals surface area contributed by atoms with Gasteiger partial charge in [0.05, 0.1) is 23.8 Å². The van der Waals surface area contributed by atoms with E-state index in [1.807, 2.05) is 0 Å². The molecule has 1 aliphatic carbocycles. The van der Waals surface area contributed by atoms with Crippen molar-refractivity contribution < 1.29 is 32.2 Å². The third-order valence-electron chi connectivity index (χ3n) is 5.71. The highest BCUT2D eigenvalue weighted by atomic mass is 19.4. The predicted molar refractivity (Wildman–Crippen MR) is 91.3 cm³/mol. The number of nitrogens with one attached hydrogen (secondary N) is 1. The van der Waals surface area contributed by atoms with E-state index in [9.17, 15) is 22.8 Å². The third kappa shape index (κ3) is 3.55. The van der Waals surface area contributed by atoms with E-state index in [-0.39, 0.29) is 35.6 Å². The van der Waals surface area contributed by atoms with Gasteiger partial charge in [0.15, 0.2) is 0 Å². The van der Waals surface area contributed by atoms with Gasteiger partial charge in [0.1, 0.15) is 6.61 Å². The smallest absolute Gasteiger partial charge is 0.416 e. The second-order valence-electron chi connectivity index (χ2n) is 7.91. The molecule has 0 atom stereocenters. The van der Waals surface area contributed by atoms with Crippen LogP contribution in [0.1, 0.15) is 29.5 Å². The topological polar surface area (TPSA) is 67.9 Å². The van der Waals surface area contributed by atoms with Gasteiger partial charge in [0.25, 0.3) is 0 Å². The van der Waals surface area contributed by atoms with E-state index in [2.05, 4.69) is 5.32 Å². The molecule has 2 amide bonds. The number of carbonyl (C=O) groups excluding carboxylic acids is 2. The van der Waals surface area contributed by atoms with E-state index in [4.69, 9.17) is 9.47 Å². The van der Waals surface area contributed by atoms with Crippen LogP contribution in [0.5, 0.6) is 0 Å². The van der Waals surface area contributed by atoms with Gasteiger partial charge in [-0.15, -0.1) is 0 Å². The van der Waals surface area contributed by atoms with E-state index in [0.717, 1.165) is 6.07 Å². The first kappa shape index (κ1) is 19.0. The fourth-order valence-corrected chi connectivity index (χ4v) is 4.10. The highest BCUT2D eigenvalue weighted by Crippen LogP contribution is 2.42. The molecular weight excluding hydrogens is 377 g/mol. The summed E-state index contributed by atoms with van der Waals surface area (Å²) in [5.74, 6) is -0.0579. The molecule has 0 unspecified atom stereocenters. The largest absolute Gasteiger partial charge is 0.447 e. The number of nitrogens with zero attached hydrogens (tertiary/aromatic N) is 1. The molecule has 0 aromatic heterocycles. The normalized spacial score (nSPS) is 27.2. The number of amides is 2. The molecule has 28 heavy (non-hydrogen) atoms. The molecule has 3 aliphatic rings. The number of benzene rings is 1. The van der Waals surface area contributed by atoms with Crippen molar-refractivity contribution in [2.24, 2.45) is 5.92 Å². The molecule has 3 fully saturated rings. The molecule has 9 heteroatoms. The van der Waals surface area contributed by atoms with Crippen LogP contribution in [0, 0.1) is 12.8 Å². The zero-order valence-corrected chi connectivity index (χ0v) is 15.3. The number of rotatable bonds is 4. The van der Waals surface area contributed by atoms with Crippen LogP contribution >= 0.6 is 0 Å². The monoisotopic (exact) mass is 398 g/mol. The van der Waals surface area contributed by atoms with Crippen LogP contribution in [0.15, 0.2) is 18.2 Å². The fraction of sp³-hybridized carbons (Fsp3) is 0.579. The maximum Gasteiger partial charge on any atom is 0.416 e. The van der Waals surface area contributed by atoms with Gasteiger partial charge in [0.2, 0.25) is 5.91 Å². The first-order valence-electron chi connectivity index (χ1n) is 9.17. The van der Waals surface area contributed by atoms with Crippen molar-refractivity contribution >= 4 is 12.0 Å². The summed E-state index contributed by atoms with van der Waals surface area (Å²) in [7, 11) is 0. The summed E-state index contributed by atoms with van der Waals surface area (Å²) in [4.78, 5) is 25.3. The van der Waals surface area contributed by atoms with Crippen LogP contribution < -0.4 is 5.32 Å². The van der Waals surface area contributed by atoms with Crippen LogP contribution in [-0.2, 0) is 27.1 Å². The summed E-state index contributed by atoms with van der Waals surface area (Å²) in [5.41, 5.74) is -0.175. The number of alkyl halides is 3. The Morgan fingerprint density at radius 2 is 2.07 bits per heavy atom. The molecule has 1 aromatic rings. The van der Waals surface area contributed by atoms with E-state index >= 15 is 0 Å². The Morgan fingerprint density at radius 1 is 1.36 bits per heavy atom. The number of ether oxygens (including phenoxy) is 2. The molecule has 6 nitrogen and oxygen atoms in total. The molecule has 2 saturated heterocycles. The lowest BCUT2D eigenvalue weighted by molar-refractivity contribution is -0.155. The van der Waals surface area contributed by atoms with Gasteiger partial charge in [0, 0.05) is 19.0 Å². The first-order valence-corrected chi connectivity index (χ1v) is 9.17. The molecule has 0 radical (unpaired) electrons. The standard InChI is InChI=1S/C19H21F3N2O4/c1-11-4-12(2-3-15(11)19(20,21)22)9-27-14-7-24(8-14)16(25)13-5-18(6-13)10-28-17(26)23-18/h2-4,13-14H,5-10H2,1H3,(H,23,26)/t13-,18+. The van der Waals surface area contributed by atoms with Crippen LogP contribution in [0.2, 0.25) is 0 Å².